The topological polar surface area (TPSA) is 59.8 Å². The van der Waals surface area contributed by atoms with Crippen molar-refractivity contribution < 1.29 is 4.79 Å². The number of benzene rings is 1. The summed E-state index contributed by atoms with van der Waals surface area (Å²) in [4.78, 5) is 12.1. The lowest BCUT2D eigenvalue weighted by atomic mass is 10.1. The van der Waals surface area contributed by atoms with Crippen molar-refractivity contribution in [3.63, 3.8) is 0 Å². The van der Waals surface area contributed by atoms with Crippen molar-refractivity contribution in [2.24, 2.45) is 5.92 Å². The minimum Gasteiger partial charge on any atom is -0.322 e. The molecule has 0 radical (unpaired) electrons. The highest BCUT2D eigenvalue weighted by molar-refractivity contribution is 6.00. The summed E-state index contributed by atoms with van der Waals surface area (Å²) in [6.45, 7) is 4.88. The van der Waals surface area contributed by atoms with Crippen LogP contribution in [0.3, 0.4) is 0 Å². The zero-order valence-electron chi connectivity index (χ0n) is 12.9. The summed E-state index contributed by atoms with van der Waals surface area (Å²) in [7, 11) is 0. The molecule has 0 unspecified atom stereocenters. The molecule has 1 heterocycles. The average molecular weight is 296 g/mol. The van der Waals surface area contributed by atoms with Crippen LogP contribution in [0, 0.1) is 5.92 Å². The molecule has 5 heteroatoms. The molecule has 114 valence electrons. The van der Waals surface area contributed by atoms with Crippen LogP contribution in [0.2, 0.25) is 0 Å². The Bertz CT molecular complexity index is 713. The molecule has 1 amide bonds. The Morgan fingerprint density at radius 2 is 2.27 bits per heavy atom. The number of aryl methyl sites for hydroxylation is 1. The van der Waals surface area contributed by atoms with Crippen molar-refractivity contribution in [2.45, 2.75) is 33.2 Å². The third-order valence-electron chi connectivity index (χ3n) is 3.92. The summed E-state index contributed by atoms with van der Waals surface area (Å²) in [6, 6.07) is 7.69. The van der Waals surface area contributed by atoms with Gasteiger partial charge in [0.15, 0.2) is 5.82 Å². The van der Waals surface area contributed by atoms with Crippen LogP contribution in [-0.4, -0.2) is 20.7 Å². The third kappa shape index (κ3) is 3.24. The fourth-order valence-electron chi connectivity index (χ4n) is 2.49. The molecule has 1 saturated carbocycles. The fourth-order valence-corrected chi connectivity index (χ4v) is 2.49. The third-order valence-corrected chi connectivity index (χ3v) is 3.92. The number of anilines is 1. The minimum absolute atomic E-state index is 0.0708. The smallest absolute Gasteiger partial charge is 0.248 e. The van der Waals surface area contributed by atoms with E-state index in [1.165, 1.54) is 18.4 Å². The first-order valence-corrected chi connectivity index (χ1v) is 7.64. The molecule has 1 aliphatic carbocycles. The Morgan fingerprint density at radius 1 is 1.45 bits per heavy atom. The van der Waals surface area contributed by atoms with E-state index in [-0.39, 0.29) is 5.91 Å². The second kappa shape index (κ2) is 6.13. The van der Waals surface area contributed by atoms with Crippen molar-refractivity contribution in [2.75, 3.05) is 5.32 Å². The van der Waals surface area contributed by atoms with Crippen LogP contribution in [0.15, 0.2) is 42.2 Å². The van der Waals surface area contributed by atoms with E-state index >= 15 is 0 Å². The second-order valence-corrected chi connectivity index (χ2v) is 5.67. The molecule has 0 atom stereocenters. The zero-order valence-corrected chi connectivity index (χ0v) is 12.9. The molecule has 1 aromatic heterocycles. The van der Waals surface area contributed by atoms with Gasteiger partial charge in [-0.2, -0.15) is 0 Å². The zero-order chi connectivity index (χ0) is 15.5. The summed E-state index contributed by atoms with van der Waals surface area (Å²) in [5, 5.41) is 11.0. The van der Waals surface area contributed by atoms with Crippen LogP contribution >= 0.6 is 0 Å². The van der Waals surface area contributed by atoms with E-state index in [4.69, 9.17) is 0 Å². The molecule has 0 saturated heterocycles. The van der Waals surface area contributed by atoms with Gasteiger partial charge in [0, 0.05) is 23.9 Å². The molecular formula is C17H20N4O. The van der Waals surface area contributed by atoms with E-state index in [1.54, 1.807) is 12.4 Å². The van der Waals surface area contributed by atoms with Crippen molar-refractivity contribution in [3.05, 3.63) is 42.2 Å². The normalized spacial score (nSPS) is 14.9. The number of amides is 1. The average Bonchev–Trinajstić information content (AvgIpc) is 3.25. The summed E-state index contributed by atoms with van der Waals surface area (Å²) in [5.41, 5.74) is 2.88. The first kappa shape index (κ1) is 14.5. The first-order valence-electron chi connectivity index (χ1n) is 7.64. The molecule has 1 aromatic carbocycles. The molecule has 0 spiro atoms. The van der Waals surface area contributed by atoms with Gasteiger partial charge in [0.05, 0.1) is 0 Å². The lowest BCUT2D eigenvalue weighted by Gasteiger charge is -2.07. The van der Waals surface area contributed by atoms with E-state index in [9.17, 15) is 4.79 Å². The standard InChI is InChI=1S/C17H20N4O/c1-3-21-11-18-20-17(21)14-5-4-6-15(10-14)19-16(22)9-12(2)13-7-8-13/h4-6,9-11,13H,3,7-8H2,1-2H3,(H,19,22)/b12-9+. The van der Waals surface area contributed by atoms with Gasteiger partial charge in [0.1, 0.15) is 6.33 Å². The van der Waals surface area contributed by atoms with Gasteiger partial charge in [0.25, 0.3) is 0 Å². The molecule has 0 bridgehead atoms. The largest absolute Gasteiger partial charge is 0.322 e. The Morgan fingerprint density at radius 3 is 3.00 bits per heavy atom. The van der Waals surface area contributed by atoms with Crippen LogP contribution in [-0.2, 0) is 11.3 Å². The SMILES string of the molecule is CCn1cnnc1-c1cccc(NC(=O)/C=C(\C)C2CC2)c1. The van der Waals surface area contributed by atoms with Gasteiger partial charge in [0.2, 0.25) is 5.91 Å². The Kier molecular flexibility index (Phi) is 4.04. The quantitative estimate of drug-likeness (QED) is 0.862. The Balaban J connectivity index is 1.76. The summed E-state index contributed by atoms with van der Waals surface area (Å²) < 4.78 is 1.97. The minimum atomic E-state index is -0.0708. The highest BCUT2D eigenvalue weighted by Crippen LogP contribution is 2.35. The summed E-state index contributed by atoms with van der Waals surface area (Å²) in [6.07, 6.45) is 5.83. The van der Waals surface area contributed by atoms with Gasteiger partial charge < -0.3 is 9.88 Å². The molecule has 0 aliphatic heterocycles. The Labute approximate surface area is 130 Å². The highest BCUT2D eigenvalue weighted by Gasteiger charge is 2.23. The maximum absolute atomic E-state index is 12.1. The van der Waals surface area contributed by atoms with E-state index in [1.807, 2.05) is 42.7 Å². The van der Waals surface area contributed by atoms with Gasteiger partial charge in [-0.05, 0) is 44.7 Å². The van der Waals surface area contributed by atoms with E-state index in [0.29, 0.717) is 5.92 Å². The number of carbonyl (C=O) groups excluding carboxylic acids is 1. The first-order chi connectivity index (χ1) is 10.7. The number of hydrogen-bond donors (Lipinski definition) is 1. The van der Waals surface area contributed by atoms with Gasteiger partial charge in [-0.3, -0.25) is 4.79 Å². The molecule has 5 nitrogen and oxygen atoms in total. The van der Waals surface area contributed by atoms with Crippen molar-refractivity contribution in [3.8, 4) is 11.4 Å². The molecule has 1 aliphatic rings. The predicted molar refractivity (Wildman–Crippen MR) is 86.2 cm³/mol. The van der Waals surface area contributed by atoms with Crippen molar-refractivity contribution >= 4 is 11.6 Å². The number of aromatic nitrogens is 3. The molecular weight excluding hydrogens is 276 g/mol. The van der Waals surface area contributed by atoms with Crippen LogP contribution in [0.25, 0.3) is 11.4 Å². The van der Waals surface area contributed by atoms with Crippen LogP contribution in [0.1, 0.15) is 26.7 Å². The van der Waals surface area contributed by atoms with Crippen LogP contribution in [0.4, 0.5) is 5.69 Å². The number of carbonyl (C=O) groups is 1. The maximum atomic E-state index is 12.1. The van der Waals surface area contributed by atoms with Crippen molar-refractivity contribution in [1.29, 1.82) is 0 Å². The number of nitrogens with zero attached hydrogens (tertiary/aromatic N) is 3. The highest BCUT2D eigenvalue weighted by atomic mass is 16.1. The van der Waals surface area contributed by atoms with Crippen molar-refractivity contribution in [1.82, 2.24) is 14.8 Å². The number of allylic oxidation sites excluding steroid dienone is 1. The van der Waals surface area contributed by atoms with Gasteiger partial charge >= 0.3 is 0 Å². The van der Waals surface area contributed by atoms with Crippen LogP contribution in [0.5, 0.6) is 0 Å². The van der Waals surface area contributed by atoms with Gasteiger partial charge in [-0.25, -0.2) is 0 Å². The number of hydrogen-bond acceptors (Lipinski definition) is 3. The monoisotopic (exact) mass is 296 g/mol. The lowest BCUT2D eigenvalue weighted by Crippen LogP contribution is -2.09. The predicted octanol–water partition coefficient (Wildman–Crippen LogP) is 3.26. The maximum Gasteiger partial charge on any atom is 0.248 e. The van der Waals surface area contributed by atoms with Crippen LogP contribution < -0.4 is 5.32 Å². The molecule has 1 N–H and O–H groups in total. The lowest BCUT2D eigenvalue weighted by molar-refractivity contribution is -0.112. The number of rotatable bonds is 5. The fraction of sp³-hybridized carbons (Fsp3) is 0.353. The summed E-state index contributed by atoms with van der Waals surface area (Å²) in [5.74, 6) is 1.35. The number of nitrogens with one attached hydrogen (secondary N) is 1. The van der Waals surface area contributed by atoms with E-state index in [0.717, 1.165) is 23.6 Å². The summed E-state index contributed by atoms with van der Waals surface area (Å²) >= 11 is 0. The molecule has 3 rings (SSSR count). The molecule has 1 fully saturated rings. The van der Waals surface area contributed by atoms with Gasteiger partial charge in [-0.1, -0.05) is 17.7 Å². The molecule has 22 heavy (non-hydrogen) atoms. The molecule has 2 aromatic rings. The van der Waals surface area contributed by atoms with E-state index in [2.05, 4.69) is 15.5 Å². The van der Waals surface area contributed by atoms with Gasteiger partial charge in [-0.15, -0.1) is 10.2 Å². The second-order valence-electron chi connectivity index (χ2n) is 5.67. The Hall–Kier alpha value is -2.43. The van der Waals surface area contributed by atoms with E-state index < -0.39 is 0 Å².